The molecule has 0 atom stereocenters. The molecule has 1 fully saturated rings. The number of rotatable bonds is 8. The lowest BCUT2D eigenvalue weighted by atomic mass is 10.1. The van der Waals surface area contributed by atoms with Gasteiger partial charge in [-0.2, -0.15) is 4.31 Å². The number of sulfonamides is 1. The van der Waals surface area contributed by atoms with Gasteiger partial charge in [0.2, 0.25) is 10.0 Å². The fraction of sp³-hybridized carbons (Fsp3) is 0.409. The molecule has 0 amide bonds. The molecular weight excluding hydrogens is 372 g/mol. The summed E-state index contributed by atoms with van der Waals surface area (Å²) >= 11 is 0. The van der Waals surface area contributed by atoms with Crippen molar-refractivity contribution in [2.45, 2.75) is 44.0 Å². The van der Waals surface area contributed by atoms with Crippen LogP contribution in [0, 0.1) is 0 Å². The summed E-state index contributed by atoms with van der Waals surface area (Å²) in [5.41, 5.74) is 1.95. The van der Waals surface area contributed by atoms with Crippen LogP contribution in [0.3, 0.4) is 0 Å². The number of nitrogens with zero attached hydrogens (tertiary/aromatic N) is 2. The Kier molecular flexibility index (Phi) is 6.86. The van der Waals surface area contributed by atoms with Gasteiger partial charge >= 0.3 is 0 Å². The van der Waals surface area contributed by atoms with E-state index in [1.54, 1.807) is 16.4 Å². The lowest BCUT2D eigenvalue weighted by molar-refractivity contribution is -0.119. The highest BCUT2D eigenvalue weighted by Gasteiger charge is 2.25. The molecule has 5 nitrogen and oxygen atoms in total. The first-order valence-electron chi connectivity index (χ1n) is 9.91. The molecule has 0 saturated carbocycles. The Morgan fingerprint density at radius 1 is 0.964 bits per heavy atom. The van der Waals surface area contributed by atoms with Crippen molar-refractivity contribution < 1.29 is 13.2 Å². The fourth-order valence-electron chi connectivity index (χ4n) is 3.40. The van der Waals surface area contributed by atoms with E-state index in [9.17, 15) is 13.2 Å². The Morgan fingerprint density at radius 3 is 2.21 bits per heavy atom. The van der Waals surface area contributed by atoms with Crippen molar-refractivity contribution in [1.29, 1.82) is 0 Å². The van der Waals surface area contributed by atoms with Crippen molar-refractivity contribution in [3.8, 4) is 0 Å². The van der Waals surface area contributed by atoms with Gasteiger partial charge in [0, 0.05) is 44.7 Å². The minimum absolute atomic E-state index is 0.294. The number of hydrogen-bond acceptors (Lipinski definition) is 4. The van der Waals surface area contributed by atoms with Crippen LogP contribution in [-0.4, -0.2) is 38.1 Å². The van der Waals surface area contributed by atoms with E-state index in [1.165, 1.54) is 0 Å². The zero-order valence-corrected chi connectivity index (χ0v) is 17.2. The standard InChI is InChI=1S/C22H28N2O3S/c1-2-3-15-24(18-19-7-5-4-6-8-19)28(26,27)22-11-9-20(10-12-22)23-16-13-21(25)14-17-23/h4-12H,2-3,13-18H2,1H3. The molecule has 0 aliphatic carbocycles. The van der Waals surface area contributed by atoms with Gasteiger partial charge in [0.05, 0.1) is 4.90 Å². The van der Waals surface area contributed by atoms with Crippen LogP contribution in [0.2, 0.25) is 0 Å². The van der Waals surface area contributed by atoms with E-state index in [4.69, 9.17) is 0 Å². The van der Waals surface area contributed by atoms with Gasteiger partial charge in [-0.3, -0.25) is 4.79 Å². The van der Waals surface area contributed by atoms with Crippen LogP contribution in [0.4, 0.5) is 5.69 Å². The third-order valence-electron chi connectivity index (χ3n) is 5.12. The molecule has 2 aromatic carbocycles. The molecule has 0 aromatic heterocycles. The Balaban J connectivity index is 1.78. The number of Topliss-reactive ketones (excluding diaryl/α,β-unsaturated/α-hetero) is 1. The van der Waals surface area contributed by atoms with E-state index in [1.807, 2.05) is 42.5 Å². The van der Waals surface area contributed by atoms with Crippen LogP contribution in [0.1, 0.15) is 38.2 Å². The second kappa shape index (κ2) is 9.34. The molecule has 1 aliphatic rings. The third-order valence-corrected chi connectivity index (χ3v) is 6.98. The summed E-state index contributed by atoms with van der Waals surface area (Å²) in [5, 5.41) is 0. The van der Waals surface area contributed by atoms with Crippen molar-refractivity contribution in [3.05, 3.63) is 60.2 Å². The minimum Gasteiger partial charge on any atom is -0.371 e. The zero-order chi connectivity index (χ0) is 20.0. The van der Waals surface area contributed by atoms with Crippen LogP contribution in [-0.2, 0) is 21.4 Å². The number of benzene rings is 2. The molecule has 1 saturated heterocycles. The first-order chi connectivity index (χ1) is 13.5. The van der Waals surface area contributed by atoms with Crippen molar-refractivity contribution >= 4 is 21.5 Å². The van der Waals surface area contributed by atoms with Crippen LogP contribution in [0.15, 0.2) is 59.5 Å². The largest absolute Gasteiger partial charge is 0.371 e. The number of unbranched alkanes of at least 4 members (excludes halogenated alkanes) is 1. The molecule has 0 bridgehead atoms. The van der Waals surface area contributed by atoms with Gasteiger partial charge in [0.25, 0.3) is 0 Å². The molecule has 150 valence electrons. The topological polar surface area (TPSA) is 57.7 Å². The number of anilines is 1. The summed E-state index contributed by atoms with van der Waals surface area (Å²) in [7, 11) is -3.57. The molecule has 0 N–H and O–H groups in total. The number of carbonyl (C=O) groups is 1. The highest BCUT2D eigenvalue weighted by Crippen LogP contribution is 2.24. The van der Waals surface area contributed by atoms with E-state index >= 15 is 0 Å². The first kappa shape index (κ1) is 20.6. The summed E-state index contributed by atoms with van der Waals surface area (Å²) in [6.45, 7) is 4.33. The molecular formula is C22H28N2O3S. The Labute approximate surface area is 168 Å². The quantitative estimate of drug-likeness (QED) is 0.675. The summed E-state index contributed by atoms with van der Waals surface area (Å²) in [5.74, 6) is 0.294. The van der Waals surface area contributed by atoms with Gasteiger partial charge in [-0.1, -0.05) is 43.7 Å². The predicted molar refractivity (Wildman–Crippen MR) is 112 cm³/mol. The summed E-state index contributed by atoms with van der Waals surface area (Å²) in [4.78, 5) is 13.9. The Bertz CT molecular complexity index is 870. The van der Waals surface area contributed by atoms with E-state index in [0.29, 0.717) is 49.7 Å². The molecule has 6 heteroatoms. The molecule has 28 heavy (non-hydrogen) atoms. The van der Waals surface area contributed by atoms with Crippen LogP contribution in [0.25, 0.3) is 0 Å². The van der Waals surface area contributed by atoms with Gasteiger partial charge in [-0.25, -0.2) is 8.42 Å². The van der Waals surface area contributed by atoms with Gasteiger partial charge < -0.3 is 4.90 Å². The van der Waals surface area contributed by atoms with Gasteiger partial charge in [0.1, 0.15) is 5.78 Å². The second-order valence-electron chi connectivity index (χ2n) is 7.20. The minimum atomic E-state index is -3.57. The molecule has 2 aromatic rings. The van der Waals surface area contributed by atoms with Crippen molar-refractivity contribution in [1.82, 2.24) is 4.31 Å². The summed E-state index contributed by atoms with van der Waals surface area (Å²) in [6, 6.07) is 16.8. The normalized spacial score (nSPS) is 15.2. The average Bonchev–Trinajstić information content (AvgIpc) is 2.72. The van der Waals surface area contributed by atoms with Crippen molar-refractivity contribution in [3.63, 3.8) is 0 Å². The maximum Gasteiger partial charge on any atom is 0.243 e. The predicted octanol–water partition coefficient (Wildman–Crippen LogP) is 3.85. The first-order valence-corrected chi connectivity index (χ1v) is 11.4. The summed E-state index contributed by atoms with van der Waals surface area (Å²) in [6.07, 6.45) is 2.88. The smallest absolute Gasteiger partial charge is 0.243 e. The highest BCUT2D eigenvalue weighted by atomic mass is 32.2. The SMILES string of the molecule is CCCCN(Cc1ccccc1)S(=O)(=O)c1ccc(N2CCC(=O)CC2)cc1. The molecule has 1 heterocycles. The number of hydrogen-bond donors (Lipinski definition) is 0. The fourth-order valence-corrected chi connectivity index (χ4v) is 4.86. The van der Waals surface area contributed by atoms with Crippen molar-refractivity contribution in [2.24, 2.45) is 0 Å². The van der Waals surface area contributed by atoms with E-state index in [-0.39, 0.29) is 0 Å². The second-order valence-corrected chi connectivity index (χ2v) is 9.14. The number of ketones is 1. The van der Waals surface area contributed by atoms with E-state index in [2.05, 4.69) is 11.8 Å². The maximum absolute atomic E-state index is 13.2. The molecule has 0 unspecified atom stereocenters. The van der Waals surface area contributed by atoms with Crippen molar-refractivity contribution in [2.75, 3.05) is 24.5 Å². The number of piperidine rings is 1. The average molecular weight is 401 g/mol. The molecule has 0 spiro atoms. The number of carbonyl (C=O) groups excluding carboxylic acids is 1. The molecule has 1 aliphatic heterocycles. The molecule has 0 radical (unpaired) electrons. The zero-order valence-electron chi connectivity index (χ0n) is 16.4. The third kappa shape index (κ3) is 5.00. The van der Waals surface area contributed by atoms with Crippen LogP contribution in [0.5, 0.6) is 0 Å². The molecule has 3 rings (SSSR count). The van der Waals surface area contributed by atoms with Crippen LogP contribution >= 0.6 is 0 Å². The van der Waals surface area contributed by atoms with Gasteiger partial charge in [-0.05, 0) is 36.2 Å². The van der Waals surface area contributed by atoms with Gasteiger partial charge in [0.15, 0.2) is 0 Å². The van der Waals surface area contributed by atoms with Crippen LogP contribution < -0.4 is 4.90 Å². The summed E-state index contributed by atoms with van der Waals surface area (Å²) < 4.78 is 28.1. The Hall–Kier alpha value is -2.18. The van der Waals surface area contributed by atoms with E-state index in [0.717, 1.165) is 24.1 Å². The van der Waals surface area contributed by atoms with Gasteiger partial charge in [-0.15, -0.1) is 0 Å². The maximum atomic E-state index is 13.2. The lowest BCUT2D eigenvalue weighted by Crippen LogP contribution is -2.34. The Morgan fingerprint density at radius 2 is 1.61 bits per heavy atom. The highest BCUT2D eigenvalue weighted by molar-refractivity contribution is 7.89. The lowest BCUT2D eigenvalue weighted by Gasteiger charge is -2.28. The van der Waals surface area contributed by atoms with E-state index < -0.39 is 10.0 Å². The monoisotopic (exact) mass is 400 g/mol.